The molecule has 4 rings (SSSR count). The normalized spacial score (nSPS) is 11.0. The monoisotopic (exact) mass is 462 g/mol. The quantitative estimate of drug-likeness (QED) is 0.455. The fraction of sp³-hybridized carbons (Fsp3) is 0.240. The Labute approximate surface area is 195 Å². The maximum Gasteiger partial charge on any atom is 0.429 e. The van der Waals surface area contributed by atoms with E-state index in [4.69, 9.17) is 4.74 Å². The van der Waals surface area contributed by atoms with Crippen LogP contribution in [0.15, 0.2) is 76.4 Å². The van der Waals surface area contributed by atoms with Crippen LogP contribution in [0.25, 0.3) is 22.2 Å². The molecule has 2 aromatic carbocycles. The first kappa shape index (κ1) is 23.1. The molecule has 34 heavy (non-hydrogen) atoms. The fourth-order valence-electron chi connectivity index (χ4n) is 3.89. The summed E-state index contributed by atoms with van der Waals surface area (Å²) < 4.78 is 9.54. The molecule has 1 N–H and O–H groups in total. The highest BCUT2D eigenvalue weighted by molar-refractivity contribution is 5.95. The molecule has 0 aliphatic heterocycles. The van der Waals surface area contributed by atoms with Gasteiger partial charge in [0.2, 0.25) is 0 Å². The number of rotatable bonds is 7. The van der Waals surface area contributed by atoms with Crippen molar-refractivity contribution in [3.05, 3.63) is 93.3 Å². The first-order valence-corrected chi connectivity index (χ1v) is 10.9. The van der Waals surface area contributed by atoms with E-state index in [1.807, 2.05) is 60.7 Å². The molecule has 9 heteroatoms. The molecule has 2 aromatic heterocycles. The first-order chi connectivity index (χ1) is 16.4. The van der Waals surface area contributed by atoms with Crippen LogP contribution in [0.4, 0.5) is 4.79 Å². The number of amides is 1. The highest BCUT2D eigenvalue weighted by atomic mass is 16.6. The summed E-state index contributed by atoms with van der Waals surface area (Å²) in [5.74, 6) is 0. The second-order valence-electron chi connectivity index (χ2n) is 7.89. The smallest absolute Gasteiger partial charge is 0.429 e. The predicted molar refractivity (Wildman–Crippen MR) is 129 cm³/mol. The second-order valence-corrected chi connectivity index (χ2v) is 7.89. The third kappa shape index (κ3) is 4.25. The Morgan fingerprint density at radius 2 is 1.62 bits per heavy atom. The van der Waals surface area contributed by atoms with E-state index in [0.717, 1.165) is 10.1 Å². The van der Waals surface area contributed by atoms with Crippen LogP contribution in [0.1, 0.15) is 12.0 Å². The molecule has 1 amide bonds. The topological polar surface area (TPSA) is 98.7 Å². The van der Waals surface area contributed by atoms with Gasteiger partial charge in [-0.05, 0) is 12.0 Å². The van der Waals surface area contributed by atoms with Crippen molar-refractivity contribution in [3.8, 4) is 11.3 Å². The molecular formula is C25H26N4O5. The van der Waals surface area contributed by atoms with Crippen molar-refractivity contribution >= 4 is 17.0 Å². The molecule has 2 heterocycles. The number of hydrogen-bond acceptors (Lipinski definition) is 5. The number of benzene rings is 2. The fourth-order valence-corrected chi connectivity index (χ4v) is 3.89. The molecule has 4 aromatic rings. The number of aliphatic hydroxyl groups is 1. The Kier molecular flexibility index (Phi) is 6.65. The third-order valence-electron chi connectivity index (χ3n) is 5.67. The van der Waals surface area contributed by atoms with Crippen molar-refractivity contribution in [2.24, 2.45) is 14.1 Å². The summed E-state index contributed by atoms with van der Waals surface area (Å²) in [6.07, 6.45) is 1.23. The van der Waals surface area contributed by atoms with Crippen LogP contribution in [-0.2, 0) is 25.4 Å². The number of aryl methyl sites for hydroxylation is 1. The van der Waals surface area contributed by atoms with Gasteiger partial charge in [-0.25, -0.2) is 14.6 Å². The lowest BCUT2D eigenvalue weighted by atomic mass is 10.1. The van der Waals surface area contributed by atoms with E-state index in [1.54, 1.807) is 17.9 Å². The van der Waals surface area contributed by atoms with Crippen LogP contribution >= 0.6 is 0 Å². The number of carbonyl (C=O) groups excluding carboxylic acids is 1. The van der Waals surface area contributed by atoms with Gasteiger partial charge in [0, 0.05) is 32.8 Å². The van der Waals surface area contributed by atoms with Crippen molar-refractivity contribution in [1.82, 2.24) is 13.8 Å². The molecule has 0 radical (unpaired) electrons. The van der Waals surface area contributed by atoms with Gasteiger partial charge in [-0.15, -0.1) is 0 Å². The van der Waals surface area contributed by atoms with E-state index in [2.05, 4.69) is 0 Å². The molecule has 0 bridgehead atoms. The van der Waals surface area contributed by atoms with Gasteiger partial charge < -0.3 is 9.84 Å². The number of hydrogen-bond donors (Lipinski definition) is 1. The van der Waals surface area contributed by atoms with Crippen molar-refractivity contribution < 1.29 is 14.6 Å². The lowest BCUT2D eigenvalue weighted by molar-refractivity contribution is 0.139. The number of aliphatic hydroxyl groups excluding tert-OH is 1. The van der Waals surface area contributed by atoms with Gasteiger partial charge in [-0.3, -0.25) is 18.6 Å². The Morgan fingerprint density at radius 1 is 0.971 bits per heavy atom. The van der Waals surface area contributed by atoms with Crippen LogP contribution in [0.5, 0.6) is 0 Å². The predicted octanol–water partition coefficient (Wildman–Crippen LogP) is 2.36. The molecule has 176 valence electrons. The molecular weight excluding hydrogens is 436 g/mol. The molecule has 0 saturated carbocycles. The average Bonchev–Trinajstić information content (AvgIpc) is 3.27. The summed E-state index contributed by atoms with van der Waals surface area (Å²) >= 11 is 0. The molecule has 0 aliphatic rings. The Hall–Kier alpha value is -4.11. The van der Waals surface area contributed by atoms with Crippen molar-refractivity contribution in [1.29, 1.82) is 0 Å². The molecule has 9 nitrogen and oxygen atoms in total. The summed E-state index contributed by atoms with van der Waals surface area (Å²) in [5.41, 5.74) is 1.43. The zero-order chi connectivity index (χ0) is 24.2. The number of ether oxygens (including phenoxy) is 1. The average molecular weight is 463 g/mol. The number of aromatic nitrogens is 3. The number of nitrogens with zero attached hydrogens (tertiary/aromatic N) is 4. The molecule has 0 spiro atoms. The molecule has 0 fully saturated rings. The van der Waals surface area contributed by atoms with Crippen LogP contribution in [0.2, 0.25) is 0 Å². The summed E-state index contributed by atoms with van der Waals surface area (Å²) in [6.45, 7) is 0.0698. The summed E-state index contributed by atoms with van der Waals surface area (Å²) in [7, 11) is 3.00. The zero-order valence-corrected chi connectivity index (χ0v) is 19.0. The van der Waals surface area contributed by atoms with E-state index in [-0.39, 0.29) is 19.8 Å². The molecule has 0 aliphatic carbocycles. The minimum absolute atomic E-state index is 0.0665. The number of carbonyl (C=O) groups is 1. The van der Waals surface area contributed by atoms with Crippen LogP contribution < -0.4 is 16.3 Å². The molecule has 0 atom stereocenters. The Bertz CT molecular complexity index is 1420. The van der Waals surface area contributed by atoms with Crippen LogP contribution in [0.3, 0.4) is 0 Å². The Balaban J connectivity index is 1.89. The second kappa shape index (κ2) is 9.80. The lowest BCUT2D eigenvalue weighted by Gasteiger charge is -2.25. The van der Waals surface area contributed by atoms with Crippen molar-refractivity contribution in [2.75, 3.05) is 18.2 Å². The van der Waals surface area contributed by atoms with Gasteiger partial charge in [-0.1, -0.05) is 60.7 Å². The third-order valence-corrected chi connectivity index (χ3v) is 5.67. The van der Waals surface area contributed by atoms with Gasteiger partial charge in [0.15, 0.2) is 0 Å². The minimum atomic E-state index is -0.642. The zero-order valence-electron chi connectivity index (χ0n) is 19.0. The van der Waals surface area contributed by atoms with E-state index >= 15 is 0 Å². The van der Waals surface area contributed by atoms with Gasteiger partial charge in [0.1, 0.15) is 6.61 Å². The van der Waals surface area contributed by atoms with Crippen LogP contribution in [0, 0.1) is 0 Å². The summed E-state index contributed by atoms with van der Waals surface area (Å²) in [6, 6.07) is 18.5. The number of fused-ring (bicyclic) bond motifs is 1. The highest BCUT2D eigenvalue weighted by Crippen LogP contribution is 2.28. The van der Waals surface area contributed by atoms with E-state index in [0.29, 0.717) is 28.6 Å². The lowest BCUT2D eigenvalue weighted by Crippen LogP contribution is -2.42. The standard InChI is InChI=1S/C25H26N4O5/c1-26-20-16-29(28(14-9-15-30)25(33)34-17-18-10-5-3-6-11-18)22(19-12-7-4-8-13-19)21(20)23(31)27(2)24(26)32/h3-8,10-13,16,30H,9,14-15,17H2,1-2H3. The van der Waals surface area contributed by atoms with Gasteiger partial charge in [0.25, 0.3) is 5.56 Å². The van der Waals surface area contributed by atoms with Crippen LogP contribution in [-0.4, -0.2) is 38.2 Å². The van der Waals surface area contributed by atoms with E-state index < -0.39 is 17.3 Å². The van der Waals surface area contributed by atoms with E-state index in [1.165, 1.54) is 16.6 Å². The largest absolute Gasteiger partial charge is 0.443 e. The maximum atomic E-state index is 13.2. The van der Waals surface area contributed by atoms with Gasteiger partial charge >= 0.3 is 11.8 Å². The maximum absolute atomic E-state index is 13.2. The van der Waals surface area contributed by atoms with E-state index in [9.17, 15) is 19.5 Å². The first-order valence-electron chi connectivity index (χ1n) is 10.9. The molecule has 0 unspecified atom stereocenters. The minimum Gasteiger partial charge on any atom is -0.443 e. The van der Waals surface area contributed by atoms with Gasteiger partial charge in [0.05, 0.1) is 22.8 Å². The molecule has 0 saturated heterocycles. The van der Waals surface area contributed by atoms with Crippen molar-refractivity contribution in [2.45, 2.75) is 13.0 Å². The Morgan fingerprint density at radius 3 is 2.26 bits per heavy atom. The summed E-state index contributed by atoms with van der Waals surface area (Å²) in [4.78, 5) is 39.0. The SMILES string of the molecule is Cn1c(=O)c2c(-c3ccccc3)n(N(CCCO)C(=O)OCc3ccccc3)cc2n(C)c1=O. The highest BCUT2D eigenvalue weighted by Gasteiger charge is 2.26. The van der Waals surface area contributed by atoms with Gasteiger partial charge in [-0.2, -0.15) is 0 Å². The summed E-state index contributed by atoms with van der Waals surface area (Å²) in [5, 5.41) is 11.1. The van der Waals surface area contributed by atoms with Crippen molar-refractivity contribution in [3.63, 3.8) is 0 Å².